The van der Waals surface area contributed by atoms with Crippen molar-refractivity contribution in [3.8, 4) is 0 Å². The third-order valence-corrected chi connectivity index (χ3v) is 8.40. The number of hydrogen-bond donors (Lipinski definition) is 0. The Morgan fingerprint density at radius 1 is 1.14 bits per heavy atom. The Kier molecular flexibility index (Phi) is 7.36. The highest BCUT2D eigenvalue weighted by molar-refractivity contribution is 7.89. The van der Waals surface area contributed by atoms with Crippen LogP contribution in [-0.4, -0.2) is 61.6 Å². The molecule has 2 heterocycles. The number of esters is 1. The summed E-state index contributed by atoms with van der Waals surface area (Å²) in [5, 5.41) is 0. The van der Waals surface area contributed by atoms with Crippen LogP contribution in [0.5, 0.6) is 0 Å². The maximum Gasteiger partial charge on any atom is 0.325 e. The number of ether oxygens (including phenoxy) is 2. The molecule has 1 saturated heterocycles. The first kappa shape index (κ1) is 26.1. The quantitative estimate of drug-likeness (QED) is 0.462. The molecule has 0 aliphatic carbocycles. The Balaban J connectivity index is 1.68. The number of rotatable bonds is 5. The fraction of sp³-hybridized carbons (Fsp3) is 0.348. The van der Waals surface area contributed by atoms with Crippen LogP contribution in [-0.2, 0) is 30.8 Å². The van der Waals surface area contributed by atoms with Gasteiger partial charge in [0.25, 0.3) is 5.91 Å². The Morgan fingerprint density at radius 2 is 1.78 bits per heavy atom. The molecule has 1 fully saturated rings. The van der Waals surface area contributed by atoms with Gasteiger partial charge in [-0.2, -0.15) is 9.30 Å². The van der Waals surface area contributed by atoms with E-state index >= 15 is 0 Å². The smallest absolute Gasteiger partial charge is 0.325 e. The van der Waals surface area contributed by atoms with Crippen molar-refractivity contribution in [2.24, 2.45) is 4.99 Å². The molecule has 0 saturated carbocycles. The number of carbonyl (C=O) groups excluding carboxylic acids is 2. The van der Waals surface area contributed by atoms with Crippen LogP contribution in [0.4, 0.5) is 8.78 Å². The van der Waals surface area contributed by atoms with Crippen LogP contribution in [0.3, 0.4) is 0 Å². The van der Waals surface area contributed by atoms with Crippen LogP contribution >= 0.6 is 11.3 Å². The van der Waals surface area contributed by atoms with E-state index < -0.39 is 40.1 Å². The molecule has 9 nitrogen and oxygen atoms in total. The molecule has 3 aromatic rings. The monoisotopic (exact) mass is 539 g/mol. The number of thiazole rings is 1. The summed E-state index contributed by atoms with van der Waals surface area (Å²) in [5.41, 5.74) is -0.0138. The average Bonchev–Trinajstić information content (AvgIpc) is 3.14. The van der Waals surface area contributed by atoms with Crippen LogP contribution < -0.4 is 4.80 Å². The number of sulfonamides is 1. The Morgan fingerprint density at radius 3 is 2.39 bits per heavy atom. The van der Waals surface area contributed by atoms with E-state index in [4.69, 9.17) is 4.74 Å². The first-order valence-electron chi connectivity index (χ1n) is 10.9. The molecule has 192 valence electrons. The molecule has 1 aliphatic heterocycles. The number of amides is 1. The van der Waals surface area contributed by atoms with E-state index in [1.165, 1.54) is 28.6 Å². The summed E-state index contributed by atoms with van der Waals surface area (Å²) >= 11 is 0.828. The largest absolute Gasteiger partial charge is 0.468 e. The SMILES string of the molecule is COC(=O)Cn1c(=NC(=O)c2ccc(S(=O)(=O)N3CC(C)OC(C)C3)cc2)sc2cc(F)cc(F)c21. The van der Waals surface area contributed by atoms with Crippen LogP contribution in [0, 0.1) is 11.6 Å². The molecule has 2 unspecified atom stereocenters. The predicted molar refractivity (Wildman–Crippen MR) is 127 cm³/mol. The number of halogens is 2. The van der Waals surface area contributed by atoms with Gasteiger partial charge < -0.3 is 14.0 Å². The lowest BCUT2D eigenvalue weighted by molar-refractivity contribution is -0.141. The molecule has 1 amide bonds. The summed E-state index contributed by atoms with van der Waals surface area (Å²) < 4.78 is 67.1. The Hall–Kier alpha value is -3.00. The van der Waals surface area contributed by atoms with Crippen LogP contribution in [0.2, 0.25) is 0 Å². The molecule has 2 atom stereocenters. The number of benzene rings is 2. The van der Waals surface area contributed by atoms with Gasteiger partial charge >= 0.3 is 5.97 Å². The molecule has 36 heavy (non-hydrogen) atoms. The number of carbonyl (C=O) groups is 2. The number of morpholine rings is 1. The topological polar surface area (TPSA) is 107 Å². The molecule has 0 N–H and O–H groups in total. The molecular formula is C23H23F2N3O6S2. The van der Waals surface area contributed by atoms with Crippen molar-refractivity contribution in [2.75, 3.05) is 20.2 Å². The minimum atomic E-state index is -3.80. The lowest BCUT2D eigenvalue weighted by Crippen LogP contribution is -2.48. The molecule has 2 aromatic carbocycles. The second kappa shape index (κ2) is 10.2. The van der Waals surface area contributed by atoms with Gasteiger partial charge in [-0.1, -0.05) is 11.3 Å². The maximum absolute atomic E-state index is 14.5. The Labute approximate surface area is 209 Å². The van der Waals surface area contributed by atoms with E-state index in [0.717, 1.165) is 29.1 Å². The summed E-state index contributed by atoms with van der Waals surface area (Å²) in [7, 11) is -2.64. The minimum absolute atomic E-state index is 0.0144. The van der Waals surface area contributed by atoms with Gasteiger partial charge in [-0.05, 0) is 44.2 Å². The number of methoxy groups -OCH3 is 1. The fourth-order valence-electron chi connectivity index (χ4n) is 3.95. The summed E-state index contributed by atoms with van der Waals surface area (Å²) in [5.74, 6) is -3.20. The second-order valence-corrected chi connectivity index (χ2v) is 11.2. The van der Waals surface area contributed by atoms with Crippen LogP contribution in [0.25, 0.3) is 10.2 Å². The zero-order valence-electron chi connectivity index (χ0n) is 19.6. The van der Waals surface area contributed by atoms with E-state index in [0.29, 0.717) is 6.07 Å². The van der Waals surface area contributed by atoms with Crippen molar-refractivity contribution in [1.82, 2.24) is 8.87 Å². The van der Waals surface area contributed by atoms with E-state index in [1.54, 1.807) is 13.8 Å². The van der Waals surface area contributed by atoms with E-state index in [2.05, 4.69) is 9.73 Å². The summed E-state index contributed by atoms with van der Waals surface area (Å²) in [4.78, 5) is 28.7. The molecule has 1 aliphatic rings. The van der Waals surface area contributed by atoms with Gasteiger partial charge in [0, 0.05) is 24.7 Å². The number of aromatic nitrogens is 1. The van der Waals surface area contributed by atoms with E-state index in [-0.39, 0.29) is 50.8 Å². The first-order valence-corrected chi connectivity index (χ1v) is 13.1. The zero-order chi connectivity index (χ0) is 26.2. The molecule has 0 bridgehead atoms. The van der Waals surface area contributed by atoms with Gasteiger partial charge in [0.15, 0.2) is 10.6 Å². The molecule has 0 radical (unpaired) electrons. The van der Waals surface area contributed by atoms with Crippen molar-refractivity contribution in [1.29, 1.82) is 0 Å². The van der Waals surface area contributed by atoms with Crippen molar-refractivity contribution >= 4 is 43.5 Å². The minimum Gasteiger partial charge on any atom is -0.468 e. The number of fused-ring (bicyclic) bond motifs is 1. The maximum atomic E-state index is 14.5. The summed E-state index contributed by atoms with van der Waals surface area (Å²) in [6, 6.07) is 7.02. The van der Waals surface area contributed by atoms with E-state index in [9.17, 15) is 26.8 Å². The zero-order valence-corrected chi connectivity index (χ0v) is 21.2. The van der Waals surface area contributed by atoms with Gasteiger partial charge in [0.2, 0.25) is 10.0 Å². The van der Waals surface area contributed by atoms with Gasteiger partial charge in [-0.25, -0.2) is 17.2 Å². The summed E-state index contributed by atoms with van der Waals surface area (Å²) in [6.45, 7) is 3.57. The van der Waals surface area contributed by atoms with Gasteiger partial charge in [-0.15, -0.1) is 0 Å². The normalized spacial score (nSPS) is 19.5. The van der Waals surface area contributed by atoms with Crippen molar-refractivity contribution in [3.63, 3.8) is 0 Å². The lowest BCUT2D eigenvalue weighted by atomic mass is 10.2. The van der Waals surface area contributed by atoms with Crippen molar-refractivity contribution < 1.29 is 36.3 Å². The summed E-state index contributed by atoms with van der Waals surface area (Å²) in [6.07, 6.45) is -0.501. The fourth-order valence-corrected chi connectivity index (χ4v) is 6.61. The van der Waals surface area contributed by atoms with Crippen LogP contribution in [0.15, 0.2) is 46.3 Å². The highest BCUT2D eigenvalue weighted by atomic mass is 32.2. The molecule has 4 rings (SSSR count). The van der Waals surface area contributed by atoms with Gasteiger partial charge in [-0.3, -0.25) is 9.59 Å². The standard InChI is InChI=1S/C23H23F2N3O6S2/c1-13-10-27(11-14(2)34-13)36(31,32)17-6-4-15(5-7-17)22(30)26-23-28(12-20(29)33-3)21-18(25)8-16(24)9-19(21)35-23/h4-9,13-14H,10-12H2,1-3H3. The number of hydrogen-bond acceptors (Lipinski definition) is 7. The van der Waals surface area contributed by atoms with E-state index in [1.807, 2.05) is 0 Å². The number of nitrogens with zero attached hydrogens (tertiary/aromatic N) is 3. The third-order valence-electron chi connectivity index (χ3n) is 5.53. The van der Waals surface area contributed by atoms with Crippen molar-refractivity contribution in [2.45, 2.75) is 37.5 Å². The van der Waals surface area contributed by atoms with Crippen molar-refractivity contribution in [3.05, 3.63) is 58.4 Å². The Bertz CT molecular complexity index is 1490. The average molecular weight is 540 g/mol. The lowest BCUT2D eigenvalue weighted by Gasteiger charge is -2.34. The predicted octanol–water partition coefficient (Wildman–Crippen LogP) is 2.69. The highest BCUT2D eigenvalue weighted by Gasteiger charge is 2.32. The third kappa shape index (κ3) is 5.24. The molecule has 1 aromatic heterocycles. The second-order valence-electron chi connectivity index (χ2n) is 8.30. The van der Waals surface area contributed by atoms with Gasteiger partial charge in [0.1, 0.15) is 12.4 Å². The molecule has 0 spiro atoms. The molecule has 13 heteroatoms. The first-order chi connectivity index (χ1) is 17.0. The van der Waals surface area contributed by atoms with Gasteiger partial charge in [0.05, 0.1) is 34.4 Å². The van der Waals surface area contributed by atoms with Crippen LogP contribution in [0.1, 0.15) is 24.2 Å². The molecular weight excluding hydrogens is 516 g/mol. The highest BCUT2D eigenvalue weighted by Crippen LogP contribution is 2.24.